The van der Waals surface area contributed by atoms with Gasteiger partial charge < -0.3 is 20.5 Å². The molecule has 0 bridgehead atoms. The van der Waals surface area contributed by atoms with E-state index in [1.54, 1.807) is 54.9 Å². The zero-order valence-corrected chi connectivity index (χ0v) is 24.7. The average Bonchev–Trinajstić information content (AvgIpc) is 3.31. The molecule has 0 unspecified atom stereocenters. The number of aromatic hydroxyl groups is 1. The van der Waals surface area contributed by atoms with E-state index in [1.165, 1.54) is 18.1 Å². The Morgan fingerprint density at radius 3 is 2.30 bits per heavy atom. The lowest BCUT2D eigenvalue weighted by molar-refractivity contribution is 0.0640. The van der Waals surface area contributed by atoms with E-state index in [2.05, 4.69) is 9.97 Å². The highest BCUT2D eigenvalue weighted by Gasteiger charge is 2.35. The van der Waals surface area contributed by atoms with Crippen LogP contribution in [0.15, 0.2) is 103 Å². The van der Waals surface area contributed by atoms with Crippen LogP contribution in [-0.4, -0.2) is 48.9 Å². The number of nitrogen functional groups attached to an aromatic ring is 1. The van der Waals surface area contributed by atoms with Gasteiger partial charge in [-0.1, -0.05) is 18.2 Å². The van der Waals surface area contributed by atoms with Gasteiger partial charge in [0, 0.05) is 41.3 Å². The molecule has 1 aliphatic rings. The van der Waals surface area contributed by atoms with E-state index >= 15 is 0 Å². The van der Waals surface area contributed by atoms with Crippen LogP contribution in [0.2, 0.25) is 0 Å². The van der Waals surface area contributed by atoms with Gasteiger partial charge in [0.05, 0.1) is 65.6 Å². The molecule has 0 saturated heterocycles. The fourth-order valence-electron chi connectivity index (χ4n) is 5.45. The highest BCUT2D eigenvalue weighted by molar-refractivity contribution is 6.21. The largest absolute Gasteiger partial charge is 0.508 e. The number of ether oxygens (including phenoxy) is 1. The number of carbonyl (C=O) groups is 2. The topological polar surface area (TPSA) is 148 Å². The van der Waals surface area contributed by atoms with Crippen LogP contribution in [0, 0.1) is 0 Å². The maximum absolute atomic E-state index is 13.0. The van der Waals surface area contributed by atoms with Crippen LogP contribution in [0.25, 0.3) is 22.3 Å². The van der Waals surface area contributed by atoms with E-state index in [4.69, 9.17) is 20.4 Å². The molecule has 4 heterocycles. The van der Waals surface area contributed by atoms with E-state index in [1.807, 2.05) is 47.4 Å². The molecule has 0 atom stereocenters. The number of imide groups is 1. The average molecular weight is 610 g/mol. The first-order valence-electron chi connectivity index (χ1n) is 14.4. The number of amides is 2. The van der Waals surface area contributed by atoms with Gasteiger partial charge in [0.25, 0.3) is 11.8 Å². The van der Waals surface area contributed by atoms with E-state index in [9.17, 15) is 14.7 Å². The van der Waals surface area contributed by atoms with Crippen molar-refractivity contribution in [3.05, 3.63) is 126 Å². The molecule has 2 amide bonds. The zero-order chi connectivity index (χ0) is 31.8. The lowest BCUT2D eigenvalue weighted by Crippen LogP contribution is -2.29. The summed E-state index contributed by atoms with van der Waals surface area (Å²) in [4.78, 5) is 47.6. The Balaban J connectivity index is 1.24. The van der Waals surface area contributed by atoms with Crippen molar-refractivity contribution in [3.8, 4) is 22.8 Å². The Bertz CT molecular complexity index is 2100. The number of rotatable bonds is 8. The van der Waals surface area contributed by atoms with Crippen molar-refractivity contribution < 1.29 is 19.4 Å². The maximum Gasteiger partial charge on any atom is 0.261 e. The molecule has 7 rings (SSSR count). The van der Waals surface area contributed by atoms with Gasteiger partial charge in [0.15, 0.2) is 0 Å². The number of carbonyl (C=O) groups excluding carboxylic acids is 2. The normalized spacial score (nSPS) is 12.4. The van der Waals surface area contributed by atoms with Crippen LogP contribution in [0.4, 0.5) is 17.2 Å². The molecule has 0 spiro atoms. The molecule has 3 aromatic heterocycles. The number of benzene rings is 3. The van der Waals surface area contributed by atoms with E-state index in [0.717, 1.165) is 11.3 Å². The van der Waals surface area contributed by atoms with Gasteiger partial charge in [-0.2, -0.15) is 0 Å². The maximum atomic E-state index is 13.0. The smallest absolute Gasteiger partial charge is 0.261 e. The molecule has 11 heteroatoms. The molecule has 0 aliphatic carbocycles. The van der Waals surface area contributed by atoms with Gasteiger partial charge in [0.2, 0.25) is 0 Å². The molecule has 3 N–H and O–H groups in total. The van der Waals surface area contributed by atoms with Crippen molar-refractivity contribution in [2.75, 3.05) is 17.7 Å². The first-order chi connectivity index (χ1) is 22.4. The molecule has 0 saturated carbocycles. The quantitative estimate of drug-likeness (QED) is 0.211. The van der Waals surface area contributed by atoms with Gasteiger partial charge in [-0.15, -0.1) is 0 Å². The van der Waals surface area contributed by atoms with Crippen molar-refractivity contribution in [3.63, 3.8) is 0 Å². The Kier molecular flexibility index (Phi) is 7.18. The number of hydrogen-bond donors (Lipinski definition) is 2. The van der Waals surface area contributed by atoms with Crippen molar-refractivity contribution in [1.29, 1.82) is 0 Å². The standard InChI is InChI=1S/C35H27N7O4/c1-46-27-14-25(13-26(43)16-27)41(24-10-11-30-31(15-24)40-32(18-37-30)21-9-12-33(36)38-17-21)19-22-5-4-6-23(39-22)20-42-34(44)28-7-2-3-8-29(28)35(42)45/h2-18,43H,19-20H2,1H3,(H2,36,38). The van der Waals surface area contributed by atoms with Gasteiger partial charge in [-0.25, -0.2) is 9.97 Å². The summed E-state index contributed by atoms with van der Waals surface area (Å²) in [5, 5.41) is 10.5. The van der Waals surface area contributed by atoms with Crippen molar-refractivity contribution >= 4 is 40.0 Å². The van der Waals surface area contributed by atoms with Gasteiger partial charge in [-0.05, 0) is 54.6 Å². The predicted molar refractivity (Wildman–Crippen MR) is 173 cm³/mol. The van der Waals surface area contributed by atoms with Gasteiger partial charge in [-0.3, -0.25) is 24.5 Å². The molecule has 1 aliphatic heterocycles. The van der Waals surface area contributed by atoms with Crippen LogP contribution >= 0.6 is 0 Å². The third kappa shape index (κ3) is 5.41. The Hall–Kier alpha value is -6.36. The summed E-state index contributed by atoms with van der Waals surface area (Å²) in [5.74, 6) is 0.246. The monoisotopic (exact) mass is 609 g/mol. The number of phenols is 1. The minimum Gasteiger partial charge on any atom is -0.508 e. The second-order valence-corrected chi connectivity index (χ2v) is 10.7. The molecule has 6 aromatic rings. The van der Waals surface area contributed by atoms with Crippen LogP contribution in [0.1, 0.15) is 32.1 Å². The first kappa shape index (κ1) is 28.4. The Morgan fingerprint density at radius 2 is 1.57 bits per heavy atom. The number of nitrogens with zero attached hydrogens (tertiary/aromatic N) is 6. The van der Waals surface area contributed by atoms with Gasteiger partial charge in [0.1, 0.15) is 17.3 Å². The summed E-state index contributed by atoms with van der Waals surface area (Å²) in [6.07, 6.45) is 3.35. The molecule has 3 aromatic carbocycles. The van der Waals surface area contributed by atoms with Crippen molar-refractivity contribution in [1.82, 2.24) is 24.8 Å². The number of phenolic OH excluding ortho intramolecular Hbond substituents is 1. The number of fused-ring (bicyclic) bond motifs is 2. The fraction of sp³-hybridized carbons (Fsp3) is 0.0857. The minimum atomic E-state index is -0.340. The molecule has 0 fully saturated rings. The fourth-order valence-corrected chi connectivity index (χ4v) is 5.45. The minimum absolute atomic E-state index is 0.0328. The number of hydrogen-bond acceptors (Lipinski definition) is 10. The van der Waals surface area contributed by atoms with E-state index in [0.29, 0.717) is 56.5 Å². The second kappa shape index (κ2) is 11.6. The lowest BCUT2D eigenvalue weighted by Gasteiger charge is -2.26. The molecular weight excluding hydrogens is 582 g/mol. The molecule has 226 valence electrons. The highest BCUT2D eigenvalue weighted by Crippen LogP contribution is 2.35. The van der Waals surface area contributed by atoms with Crippen LogP contribution in [0.3, 0.4) is 0 Å². The number of anilines is 3. The first-order valence-corrected chi connectivity index (χ1v) is 14.4. The summed E-state index contributed by atoms with van der Waals surface area (Å²) in [7, 11) is 1.53. The summed E-state index contributed by atoms with van der Waals surface area (Å²) < 4.78 is 5.45. The molecular formula is C35H27N7O4. The summed E-state index contributed by atoms with van der Waals surface area (Å²) in [6, 6.07) is 26.5. The SMILES string of the molecule is COc1cc(O)cc(N(Cc2cccc(CN3C(=O)c4ccccc4C3=O)n2)c2ccc3ncc(-c4ccc(N)nc4)nc3c2)c1. The van der Waals surface area contributed by atoms with E-state index in [-0.39, 0.29) is 30.7 Å². The number of nitrogens with two attached hydrogens (primary N) is 1. The molecule has 0 radical (unpaired) electrons. The predicted octanol–water partition coefficient (Wildman–Crippen LogP) is 5.52. The number of methoxy groups -OCH3 is 1. The van der Waals surface area contributed by atoms with Gasteiger partial charge >= 0.3 is 0 Å². The summed E-state index contributed by atoms with van der Waals surface area (Å²) in [5.41, 5.74) is 12.0. The van der Waals surface area contributed by atoms with Crippen LogP contribution < -0.4 is 15.4 Å². The summed E-state index contributed by atoms with van der Waals surface area (Å²) >= 11 is 0. The summed E-state index contributed by atoms with van der Waals surface area (Å²) in [6.45, 7) is 0.317. The third-order valence-electron chi connectivity index (χ3n) is 7.73. The van der Waals surface area contributed by atoms with Crippen LogP contribution in [0.5, 0.6) is 11.5 Å². The van der Waals surface area contributed by atoms with Crippen molar-refractivity contribution in [2.45, 2.75) is 13.1 Å². The molecule has 46 heavy (non-hydrogen) atoms. The Morgan fingerprint density at radius 1 is 0.783 bits per heavy atom. The molecule has 11 nitrogen and oxygen atoms in total. The van der Waals surface area contributed by atoms with Crippen molar-refractivity contribution in [2.24, 2.45) is 0 Å². The third-order valence-corrected chi connectivity index (χ3v) is 7.73. The highest BCUT2D eigenvalue weighted by atomic mass is 16.5. The second-order valence-electron chi connectivity index (χ2n) is 10.7. The number of aromatic nitrogens is 4. The zero-order valence-electron chi connectivity index (χ0n) is 24.7. The van der Waals surface area contributed by atoms with Crippen LogP contribution in [-0.2, 0) is 13.1 Å². The lowest BCUT2D eigenvalue weighted by atomic mass is 10.1. The number of pyridine rings is 2. The van der Waals surface area contributed by atoms with E-state index < -0.39 is 0 Å². The Labute approximate surface area is 263 Å².